The highest BCUT2D eigenvalue weighted by Crippen LogP contribution is 2.21. The van der Waals surface area contributed by atoms with Gasteiger partial charge >= 0.3 is 12.0 Å². The van der Waals surface area contributed by atoms with Crippen LogP contribution < -0.4 is 5.32 Å². The molecule has 8 heteroatoms. The quantitative estimate of drug-likeness (QED) is 0.862. The molecule has 1 aliphatic rings. The van der Waals surface area contributed by atoms with Crippen LogP contribution in [-0.4, -0.2) is 54.4 Å². The first-order valence-electron chi connectivity index (χ1n) is 6.65. The average molecular weight is 333 g/mol. The number of ether oxygens (including phenoxy) is 1. The summed E-state index contributed by atoms with van der Waals surface area (Å²) in [7, 11) is 0. The lowest BCUT2D eigenvalue weighted by Gasteiger charge is -2.32. The fourth-order valence-electron chi connectivity index (χ4n) is 2.11. The maximum Gasteiger partial charge on any atom is 0.317 e. The van der Waals surface area contributed by atoms with Gasteiger partial charge in [-0.25, -0.2) is 4.79 Å². The SMILES string of the molecule is O=C(O)CC1CN(C(=O)NCCc2ccc(Cl)s2)CCO1. The first kappa shape index (κ1) is 16.1. The second-order valence-electron chi connectivity index (χ2n) is 4.72. The number of halogens is 1. The minimum Gasteiger partial charge on any atom is -0.481 e. The first-order chi connectivity index (χ1) is 10.0. The Balaban J connectivity index is 1.73. The number of nitrogens with one attached hydrogen (secondary N) is 1. The summed E-state index contributed by atoms with van der Waals surface area (Å²) in [5.74, 6) is -0.920. The number of thiophene rings is 1. The highest BCUT2D eigenvalue weighted by atomic mass is 35.5. The third-order valence-corrected chi connectivity index (χ3v) is 4.40. The van der Waals surface area contributed by atoms with Crippen molar-refractivity contribution >= 4 is 34.9 Å². The molecule has 0 bridgehead atoms. The predicted octanol–water partition coefficient (Wildman–Crippen LogP) is 1.83. The third kappa shape index (κ3) is 5.18. The Morgan fingerprint density at radius 1 is 1.52 bits per heavy atom. The van der Waals surface area contributed by atoms with Gasteiger partial charge in [-0.1, -0.05) is 11.6 Å². The van der Waals surface area contributed by atoms with Crippen molar-refractivity contribution in [2.45, 2.75) is 18.9 Å². The van der Waals surface area contributed by atoms with Crippen LogP contribution in [0.25, 0.3) is 0 Å². The number of hydrogen-bond donors (Lipinski definition) is 2. The number of carbonyl (C=O) groups excluding carboxylic acids is 1. The van der Waals surface area contributed by atoms with Crippen molar-refractivity contribution in [3.63, 3.8) is 0 Å². The molecule has 2 amide bonds. The molecule has 2 N–H and O–H groups in total. The van der Waals surface area contributed by atoms with E-state index in [1.54, 1.807) is 4.90 Å². The molecule has 1 aliphatic heterocycles. The van der Waals surface area contributed by atoms with Crippen molar-refractivity contribution in [2.24, 2.45) is 0 Å². The van der Waals surface area contributed by atoms with Crippen LogP contribution in [0.3, 0.4) is 0 Å². The van der Waals surface area contributed by atoms with Gasteiger partial charge in [-0.05, 0) is 18.6 Å². The van der Waals surface area contributed by atoms with Gasteiger partial charge in [0.05, 0.1) is 23.5 Å². The number of aliphatic carboxylic acids is 1. The number of hydrogen-bond acceptors (Lipinski definition) is 4. The van der Waals surface area contributed by atoms with Gasteiger partial charge in [0.2, 0.25) is 0 Å². The van der Waals surface area contributed by atoms with Crippen LogP contribution in [0.2, 0.25) is 4.34 Å². The van der Waals surface area contributed by atoms with E-state index >= 15 is 0 Å². The van der Waals surface area contributed by atoms with Gasteiger partial charge < -0.3 is 20.1 Å². The Kier molecular flexibility index (Phi) is 5.84. The molecule has 1 aromatic heterocycles. The number of carboxylic acid groups (broad SMARTS) is 1. The molecule has 21 heavy (non-hydrogen) atoms. The summed E-state index contributed by atoms with van der Waals surface area (Å²) in [5, 5.41) is 11.6. The van der Waals surface area contributed by atoms with E-state index < -0.39 is 12.1 Å². The molecule has 2 rings (SSSR count). The maximum atomic E-state index is 12.0. The minimum atomic E-state index is -0.920. The Bertz CT molecular complexity index is 508. The van der Waals surface area contributed by atoms with Crippen molar-refractivity contribution in [1.82, 2.24) is 10.2 Å². The van der Waals surface area contributed by atoms with Crippen LogP contribution in [-0.2, 0) is 16.0 Å². The molecule has 0 aromatic carbocycles. The summed E-state index contributed by atoms with van der Waals surface area (Å²) in [6, 6.07) is 3.59. The molecular formula is C13H17ClN2O4S. The van der Waals surface area contributed by atoms with E-state index in [0.717, 1.165) is 15.6 Å². The van der Waals surface area contributed by atoms with Crippen LogP contribution in [0.5, 0.6) is 0 Å². The Morgan fingerprint density at radius 3 is 3.00 bits per heavy atom. The molecule has 116 valence electrons. The number of carboxylic acids is 1. The number of amides is 2. The number of urea groups is 1. The molecule has 6 nitrogen and oxygen atoms in total. The van der Waals surface area contributed by atoms with Gasteiger partial charge in [0.15, 0.2) is 0 Å². The smallest absolute Gasteiger partial charge is 0.317 e. The second kappa shape index (κ2) is 7.63. The monoisotopic (exact) mass is 332 g/mol. The zero-order valence-electron chi connectivity index (χ0n) is 11.4. The van der Waals surface area contributed by atoms with Crippen molar-refractivity contribution in [2.75, 3.05) is 26.2 Å². The number of rotatable bonds is 5. The first-order valence-corrected chi connectivity index (χ1v) is 7.84. The lowest BCUT2D eigenvalue weighted by molar-refractivity contribution is -0.141. The van der Waals surface area contributed by atoms with E-state index in [-0.39, 0.29) is 12.5 Å². The highest BCUT2D eigenvalue weighted by molar-refractivity contribution is 7.16. The summed E-state index contributed by atoms with van der Waals surface area (Å²) in [6.07, 6.45) is 0.210. The maximum absolute atomic E-state index is 12.0. The highest BCUT2D eigenvalue weighted by Gasteiger charge is 2.25. The van der Waals surface area contributed by atoms with Crippen LogP contribution in [0.15, 0.2) is 12.1 Å². The molecule has 1 fully saturated rings. The molecule has 1 unspecified atom stereocenters. The largest absolute Gasteiger partial charge is 0.481 e. The Hall–Kier alpha value is -1.31. The van der Waals surface area contributed by atoms with Crippen LogP contribution >= 0.6 is 22.9 Å². The molecule has 0 spiro atoms. The summed E-state index contributed by atoms with van der Waals surface area (Å²) >= 11 is 7.34. The van der Waals surface area contributed by atoms with Gasteiger partial charge in [-0.3, -0.25) is 4.79 Å². The van der Waals surface area contributed by atoms with E-state index in [0.29, 0.717) is 26.2 Å². The normalized spacial score (nSPS) is 18.5. The van der Waals surface area contributed by atoms with Gasteiger partial charge in [0.1, 0.15) is 0 Å². The average Bonchev–Trinajstić information content (AvgIpc) is 2.84. The molecule has 1 saturated heterocycles. The molecule has 2 heterocycles. The standard InChI is InChI=1S/C13H17ClN2O4S/c14-11-2-1-10(21-11)3-4-15-13(19)16-5-6-20-9(8-16)7-12(17)18/h1-2,9H,3-8H2,(H,15,19)(H,17,18). The summed E-state index contributed by atoms with van der Waals surface area (Å²) < 4.78 is 6.07. The topological polar surface area (TPSA) is 78.9 Å². The van der Waals surface area contributed by atoms with Gasteiger partial charge in [0.25, 0.3) is 0 Å². The Labute approximate surface area is 131 Å². The molecule has 0 radical (unpaired) electrons. The fourth-order valence-corrected chi connectivity index (χ4v) is 3.20. The number of morpholine rings is 1. The van der Waals surface area contributed by atoms with Gasteiger partial charge in [-0.2, -0.15) is 0 Å². The van der Waals surface area contributed by atoms with Gasteiger partial charge in [0, 0.05) is 24.5 Å². The number of carbonyl (C=O) groups is 2. The fraction of sp³-hybridized carbons (Fsp3) is 0.538. The van der Waals surface area contributed by atoms with Crippen molar-refractivity contribution in [1.29, 1.82) is 0 Å². The van der Waals surface area contributed by atoms with Gasteiger partial charge in [-0.15, -0.1) is 11.3 Å². The lowest BCUT2D eigenvalue weighted by atomic mass is 10.2. The van der Waals surface area contributed by atoms with E-state index in [1.807, 2.05) is 12.1 Å². The summed E-state index contributed by atoms with van der Waals surface area (Å²) in [5.41, 5.74) is 0. The zero-order valence-corrected chi connectivity index (χ0v) is 13.0. The van der Waals surface area contributed by atoms with Crippen molar-refractivity contribution in [3.05, 3.63) is 21.3 Å². The second-order valence-corrected chi connectivity index (χ2v) is 6.52. The number of nitrogens with zero attached hydrogens (tertiary/aromatic N) is 1. The molecular weight excluding hydrogens is 316 g/mol. The van der Waals surface area contributed by atoms with Crippen molar-refractivity contribution in [3.8, 4) is 0 Å². The lowest BCUT2D eigenvalue weighted by Crippen LogP contribution is -2.50. The third-order valence-electron chi connectivity index (χ3n) is 3.10. The van der Waals surface area contributed by atoms with E-state index in [2.05, 4.69) is 5.32 Å². The zero-order chi connectivity index (χ0) is 15.2. The molecule has 0 saturated carbocycles. The van der Waals surface area contributed by atoms with Crippen molar-refractivity contribution < 1.29 is 19.4 Å². The minimum absolute atomic E-state index is 0.0858. The molecule has 1 atom stereocenters. The van der Waals surface area contributed by atoms with Crippen LogP contribution in [0.4, 0.5) is 4.79 Å². The molecule has 1 aromatic rings. The predicted molar refractivity (Wildman–Crippen MR) is 80.0 cm³/mol. The van der Waals surface area contributed by atoms with Crippen LogP contribution in [0, 0.1) is 0 Å². The van der Waals surface area contributed by atoms with E-state index in [9.17, 15) is 9.59 Å². The summed E-state index contributed by atoms with van der Waals surface area (Å²) in [4.78, 5) is 25.4. The van der Waals surface area contributed by atoms with E-state index in [4.69, 9.17) is 21.4 Å². The summed E-state index contributed by atoms with van der Waals surface area (Å²) in [6.45, 7) is 1.68. The van der Waals surface area contributed by atoms with Crippen LogP contribution in [0.1, 0.15) is 11.3 Å². The Morgan fingerprint density at radius 2 is 2.33 bits per heavy atom. The molecule has 0 aliphatic carbocycles. The van der Waals surface area contributed by atoms with E-state index in [1.165, 1.54) is 11.3 Å².